The Morgan fingerprint density at radius 1 is 1.31 bits per heavy atom. The summed E-state index contributed by atoms with van der Waals surface area (Å²) < 4.78 is 0. The molecule has 1 fully saturated rings. The van der Waals surface area contributed by atoms with Gasteiger partial charge in [0, 0.05) is 23.7 Å². The van der Waals surface area contributed by atoms with Crippen LogP contribution in [0.25, 0.3) is 0 Å². The van der Waals surface area contributed by atoms with Gasteiger partial charge in [0.25, 0.3) is 0 Å². The lowest BCUT2D eigenvalue weighted by molar-refractivity contribution is -0.0947. The molecule has 0 bridgehead atoms. The fourth-order valence-corrected chi connectivity index (χ4v) is 3.12. The molecule has 1 aromatic rings. The van der Waals surface area contributed by atoms with Crippen molar-refractivity contribution in [2.45, 2.75) is 52.1 Å². The van der Waals surface area contributed by atoms with Gasteiger partial charge in [0.15, 0.2) is 0 Å². The third-order valence-electron chi connectivity index (χ3n) is 4.38. The number of aliphatic hydroxyl groups is 1. The van der Waals surface area contributed by atoms with Crippen molar-refractivity contribution in [3.05, 3.63) is 23.8 Å². The summed E-state index contributed by atoms with van der Waals surface area (Å²) in [6.45, 7) is 6.32. The van der Waals surface area contributed by atoms with E-state index < -0.39 is 0 Å². The first-order valence-electron chi connectivity index (χ1n) is 6.11. The Morgan fingerprint density at radius 3 is 2.44 bits per heavy atom. The van der Waals surface area contributed by atoms with E-state index in [2.05, 4.69) is 23.8 Å². The number of aliphatic hydroxyl groups excluding tert-OH is 1. The molecular formula is C13H20N2O. The van der Waals surface area contributed by atoms with Gasteiger partial charge in [-0.05, 0) is 26.2 Å². The molecule has 2 atom stereocenters. The minimum Gasteiger partial charge on any atom is -0.393 e. The Morgan fingerprint density at radius 2 is 1.94 bits per heavy atom. The average molecular weight is 220 g/mol. The fraction of sp³-hybridized carbons (Fsp3) is 0.692. The van der Waals surface area contributed by atoms with Crippen molar-refractivity contribution < 1.29 is 5.11 Å². The summed E-state index contributed by atoms with van der Waals surface area (Å²) >= 11 is 0. The second kappa shape index (κ2) is 4.13. The highest BCUT2D eigenvalue weighted by molar-refractivity contribution is 5.24. The molecule has 0 amide bonds. The largest absolute Gasteiger partial charge is 0.393 e. The first-order chi connectivity index (χ1) is 7.65. The van der Waals surface area contributed by atoms with E-state index in [-0.39, 0.29) is 11.5 Å². The van der Waals surface area contributed by atoms with Crippen LogP contribution in [0.15, 0.2) is 12.4 Å². The smallest absolute Gasteiger partial charge is 0.0654 e. The van der Waals surface area contributed by atoms with Crippen molar-refractivity contribution in [2.75, 3.05) is 0 Å². The van der Waals surface area contributed by atoms with Gasteiger partial charge in [-0.3, -0.25) is 9.97 Å². The summed E-state index contributed by atoms with van der Waals surface area (Å²) in [7, 11) is 0. The third kappa shape index (κ3) is 1.46. The van der Waals surface area contributed by atoms with Crippen LogP contribution in [0.2, 0.25) is 0 Å². The Labute approximate surface area is 96.9 Å². The lowest BCUT2D eigenvalue weighted by atomic mass is 9.54. The van der Waals surface area contributed by atoms with Crippen LogP contribution in [0.3, 0.4) is 0 Å². The number of aryl methyl sites for hydroxylation is 1. The molecule has 0 saturated heterocycles. The van der Waals surface area contributed by atoms with Gasteiger partial charge >= 0.3 is 0 Å². The minimum atomic E-state index is -0.172. The summed E-state index contributed by atoms with van der Waals surface area (Å²) in [6, 6.07) is 0. The van der Waals surface area contributed by atoms with Gasteiger partial charge in [0.05, 0.1) is 17.5 Å². The zero-order chi connectivity index (χ0) is 11.8. The predicted molar refractivity (Wildman–Crippen MR) is 63.1 cm³/mol. The molecule has 1 aliphatic carbocycles. The Hall–Kier alpha value is -0.960. The quantitative estimate of drug-likeness (QED) is 0.851. The topological polar surface area (TPSA) is 46.0 Å². The molecule has 0 aromatic carbocycles. The van der Waals surface area contributed by atoms with Crippen LogP contribution in [0, 0.1) is 12.3 Å². The first-order valence-corrected chi connectivity index (χ1v) is 6.11. The number of rotatable bonds is 3. The highest BCUT2D eigenvalue weighted by Crippen LogP contribution is 2.57. The van der Waals surface area contributed by atoms with E-state index in [9.17, 15) is 5.11 Å². The van der Waals surface area contributed by atoms with Crippen LogP contribution in [0.1, 0.15) is 50.4 Å². The number of nitrogens with zero attached hydrogens (tertiary/aromatic N) is 2. The molecule has 16 heavy (non-hydrogen) atoms. The van der Waals surface area contributed by atoms with Gasteiger partial charge < -0.3 is 5.11 Å². The van der Waals surface area contributed by atoms with E-state index in [1.807, 2.05) is 6.92 Å². The predicted octanol–water partition coefficient (Wildman–Crippen LogP) is 2.44. The van der Waals surface area contributed by atoms with Crippen molar-refractivity contribution in [3.63, 3.8) is 0 Å². The SMILES string of the molecule is CCC1(CC)C(O)CC1c1nccnc1C. The Balaban J connectivity index is 2.33. The van der Waals surface area contributed by atoms with Crippen LogP contribution in [-0.4, -0.2) is 21.2 Å². The maximum atomic E-state index is 10.0. The zero-order valence-corrected chi connectivity index (χ0v) is 10.3. The summed E-state index contributed by atoms with van der Waals surface area (Å²) in [5, 5.41) is 10.0. The summed E-state index contributed by atoms with van der Waals surface area (Å²) in [5.41, 5.74) is 2.11. The lowest BCUT2D eigenvalue weighted by Gasteiger charge is -2.53. The van der Waals surface area contributed by atoms with Gasteiger partial charge in [0.1, 0.15) is 0 Å². The molecular weight excluding hydrogens is 200 g/mol. The highest BCUT2D eigenvalue weighted by atomic mass is 16.3. The summed E-state index contributed by atoms with van der Waals surface area (Å²) in [5.74, 6) is 0.381. The molecule has 1 N–H and O–H groups in total. The second-order valence-electron chi connectivity index (χ2n) is 4.77. The van der Waals surface area contributed by atoms with Crippen LogP contribution in [-0.2, 0) is 0 Å². The molecule has 3 heteroatoms. The summed E-state index contributed by atoms with van der Waals surface area (Å²) in [6.07, 6.45) is 6.16. The maximum Gasteiger partial charge on any atom is 0.0654 e. The minimum absolute atomic E-state index is 0.0286. The van der Waals surface area contributed by atoms with E-state index >= 15 is 0 Å². The molecule has 0 aliphatic heterocycles. The average Bonchev–Trinajstić information content (AvgIpc) is 2.29. The molecule has 88 valence electrons. The number of hydrogen-bond donors (Lipinski definition) is 1. The zero-order valence-electron chi connectivity index (χ0n) is 10.3. The number of aromatic nitrogens is 2. The number of hydrogen-bond acceptors (Lipinski definition) is 3. The van der Waals surface area contributed by atoms with Crippen molar-refractivity contribution in [1.82, 2.24) is 9.97 Å². The van der Waals surface area contributed by atoms with Crippen molar-refractivity contribution in [1.29, 1.82) is 0 Å². The standard InChI is InChI=1S/C13H20N2O/c1-4-13(5-2)10(8-11(13)16)12-9(3)14-6-7-15-12/h6-7,10-11,16H,4-5,8H2,1-3H3. The highest BCUT2D eigenvalue weighted by Gasteiger charge is 2.53. The van der Waals surface area contributed by atoms with Gasteiger partial charge in [-0.25, -0.2) is 0 Å². The van der Waals surface area contributed by atoms with Gasteiger partial charge in [0.2, 0.25) is 0 Å². The Bertz CT molecular complexity index is 374. The molecule has 1 aromatic heterocycles. The molecule has 1 aliphatic rings. The molecule has 2 rings (SSSR count). The van der Waals surface area contributed by atoms with Crippen LogP contribution >= 0.6 is 0 Å². The van der Waals surface area contributed by atoms with Crippen LogP contribution in [0.5, 0.6) is 0 Å². The second-order valence-corrected chi connectivity index (χ2v) is 4.77. The molecule has 2 unspecified atom stereocenters. The normalized spacial score (nSPS) is 27.5. The Kier molecular flexibility index (Phi) is 2.98. The van der Waals surface area contributed by atoms with E-state index in [0.717, 1.165) is 30.7 Å². The van der Waals surface area contributed by atoms with E-state index in [1.165, 1.54) is 0 Å². The monoisotopic (exact) mass is 220 g/mol. The molecule has 0 spiro atoms. The third-order valence-corrected chi connectivity index (χ3v) is 4.38. The first kappa shape index (κ1) is 11.5. The van der Waals surface area contributed by atoms with E-state index in [0.29, 0.717) is 5.92 Å². The van der Waals surface area contributed by atoms with Gasteiger partial charge in [-0.15, -0.1) is 0 Å². The van der Waals surface area contributed by atoms with Crippen molar-refractivity contribution in [3.8, 4) is 0 Å². The fourth-order valence-electron chi connectivity index (χ4n) is 3.12. The van der Waals surface area contributed by atoms with Gasteiger partial charge in [-0.1, -0.05) is 13.8 Å². The van der Waals surface area contributed by atoms with Crippen LogP contribution < -0.4 is 0 Å². The van der Waals surface area contributed by atoms with E-state index in [1.54, 1.807) is 12.4 Å². The molecule has 0 radical (unpaired) electrons. The molecule has 1 saturated carbocycles. The van der Waals surface area contributed by atoms with Gasteiger partial charge in [-0.2, -0.15) is 0 Å². The van der Waals surface area contributed by atoms with E-state index in [4.69, 9.17) is 0 Å². The van der Waals surface area contributed by atoms with Crippen molar-refractivity contribution in [2.24, 2.45) is 5.41 Å². The van der Waals surface area contributed by atoms with Crippen molar-refractivity contribution >= 4 is 0 Å². The molecule has 1 heterocycles. The lowest BCUT2D eigenvalue weighted by Crippen LogP contribution is -2.51. The summed E-state index contributed by atoms with van der Waals surface area (Å²) in [4.78, 5) is 8.75. The molecule has 3 nitrogen and oxygen atoms in total. The maximum absolute atomic E-state index is 10.0. The van der Waals surface area contributed by atoms with Crippen LogP contribution in [0.4, 0.5) is 0 Å².